The van der Waals surface area contributed by atoms with Crippen LogP contribution >= 0.6 is 0 Å². The molecule has 0 fully saturated rings. The van der Waals surface area contributed by atoms with E-state index < -0.39 is 5.67 Å². The lowest BCUT2D eigenvalue weighted by atomic mass is 9.91. The zero-order chi connectivity index (χ0) is 35.6. The molecular formula is C46H30FN3O3. The molecule has 0 saturated carbocycles. The minimum absolute atomic E-state index is 0.0276. The van der Waals surface area contributed by atoms with Crippen molar-refractivity contribution in [1.82, 2.24) is 15.0 Å². The van der Waals surface area contributed by atoms with Crippen LogP contribution in [-0.4, -0.2) is 15.0 Å². The van der Waals surface area contributed by atoms with E-state index in [4.69, 9.17) is 29.2 Å². The van der Waals surface area contributed by atoms with E-state index in [-0.39, 0.29) is 34.7 Å². The average molecular weight is 692 g/mol. The van der Waals surface area contributed by atoms with Crippen LogP contribution in [0.3, 0.4) is 0 Å². The lowest BCUT2D eigenvalue weighted by Gasteiger charge is -2.25. The van der Waals surface area contributed by atoms with Crippen molar-refractivity contribution in [2.75, 3.05) is 0 Å². The summed E-state index contributed by atoms with van der Waals surface area (Å²) in [5.74, 6) is 2.45. The molecule has 0 bridgehead atoms. The van der Waals surface area contributed by atoms with Gasteiger partial charge in [-0.05, 0) is 52.6 Å². The van der Waals surface area contributed by atoms with Crippen LogP contribution in [0.25, 0.3) is 32.3 Å². The Balaban J connectivity index is 1.15. The van der Waals surface area contributed by atoms with Gasteiger partial charge in [0, 0.05) is 34.4 Å². The fourth-order valence-electron chi connectivity index (χ4n) is 6.58. The molecule has 0 unspecified atom stereocenters. The lowest BCUT2D eigenvalue weighted by Crippen LogP contribution is -2.28. The van der Waals surface area contributed by atoms with Crippen LogP contribution in [-0.2, 0) is 5.67 Å². The van der Waals surface area contributed by atoms with Crippen molar-refractivity contribution in [3.63, 3.8) is 0 Å². The smallest absolute Gasteiger partial charge is 0.236 e. The Hall–Kier alpha value is -7.12. The van der Waals surface area contributed by atoms with E-state index in [2.05, 4.69) is 0 Å². The summed E-state index contributed by atoms with van der Waals surface area (Å²) in [5, 5.41) is 5.78. The van der Waals surface area contributed by atoms with E-state index in [1.165, 1.54) is 0 Å². The molecule has 0 spiro atoms. The molecule has 9 rings (SSSR count). The highest BCUT2D eigenvalue weighted by molar-refractivity contribution is 5.90. The first-order valence-electron chi connectivity index (χ1n) is 17.2. The van der Waals surface area contributed by atoms with Gasteiger partial charge in [-0.3, -0.25) is 0 Å². The van der Waals surface area contributed by atoms with Crippen LogP contribution in [0.15, 0.2) is 182 Å². The van der Waals surface area contributed by atoms with Gasteiger partial charge in [-0.1, -0.05) is 127 Å². The van der Waals surface area contributed by atoms with Crippen molar-refractivity contribution in [2.24, 2.45) is 0 Å². The summed E-state index contributed by atoms with van der Waals surface area (Å²) in [6.07, 6.45) is 0. The van der Waals surface area contributed by atoms with Crippen molar-refractivity contribution in [3.8, 4) is 34.9 Å². The fraction of sp³-hybridized carbons (Fsp3) is 0.0217. The van der Waals surface area contributed by atoms with Crippen molar-refractivity contribution in [1.29, 1.82) is 0 Å². The van der Waals surface area contributed by atoms with E-state index >= 15 is 4.39 Å². The Morgan fingerprint density at radius 2 is 0.604 bits per heavy atom. The molecule has 0 atom stereocenters. The minimum atomic E-state index is -2.46. The number of benzene rings is 6. The Bertz CT molecular complexity index is 2460. The highest BCUT2D eigenvalue weighted by Crippen LogP contribution is 2.42. The highest BCUT2D eigenvalue weighted by Gasteiger charge is 2.42. The Morgan fingerprint density at radius 3 is 0.943 bits per heavy atom. The van der Waals surface area contributed by atoms with Gasteiger partial charge in [0.25, 0.3) is 0 Å². The molecule has 9 aromatic rings. The quantitative estimate of drug-likeness (QED) is 0.150. The Kier molecular flexibility index (Phi) is 8.13. The molecule has 6 aromatic carbocycles. The highest BCUT2D eigenvalue weighted by atomic mass is 19.1. The van der Waals surface area contributed by atoms with Gasteiger partial charge in [-0.15, -0.1) is 0 Å². The van der Waals surface area contributed by atoms with Gasteiger partial charge in [-0.25, -0.2) is 19.3 Å². The molecule has 0 saturated heterocycles. The lowest BCUT2D eigenvalue weighted by molar-refractivity contribution is 0.252. The second-order valence-corrected chi connectivity index (χ2v) is 12.5. The maximum atomic E-state index is 18.5. The SMILES string of the molecule is FC(c1cccc(Oc2cccc3ccccc23)n1)(c1cccc(Oc2cccc3ccccc23)n1)c1cccc(Oc2cccc3ccccc23)n1. The van der Waals surface area contributed by atoms with E-state index in [9.17, 15) is 0 Å². The van der Waals surface area contributed by atoms with Crippen molar-refractivity contribution >= 4 is 32.3 Å². The first-order chi connectivity index (χ1) is 26.1. The Labute approximate surface area is 304 Å². The summed E-state index contributed by atoms with van der Waals surface area (Å²) >= 11 is 0. The molecule has 254 valence electrons. The molecular weight excluding hydrogens is 662 g/mol. The number of alkyl halides is 1. The molecule has 3 heterocycles. The predicted molar refractivity (Wildman–Crippen MR) is 206 cm³/mol. The molecule has 0 amide bonds. The van der Waals surface area contributed by atoms with Gasteiger partial charge in [0.15, 0.2) is 0 Å². The van der Waals surface area contributed by atoms with Gasteiger partial charge < -0.3 is 14.2 Å². The van der Waals surface area contributed by atoms with Crippen molar-refractivity contribution in [2.45, 2.75) is 5.67 Å². The molecule has 53 heavy (non-hydrogen) atoms. The van der Waals surface area contributed by atoms with Crippen LogP contribution in [0.2, 0.25) is 0 Å². The molecule has 3 aromatic heterocycles. The normalized spacial score (nSPS) is 11.5. The number of rotatable bonds is 9. The predicted octanol–water partition coefficient (Wildman–Crippen LogP) is 12.0. The zero-order valence-electron chi connectivity index (χ0n) is 28.3. The summed E-state index contributed by atoms with van der Waals surface area (Å²) in [4.78, 5) is 14.3. The maximum Gasteiger partial charge on any atom is 0.236 e. The van der Waals surface area contributed by atoms with Crippen LogP contribution in [0, 0.1) is 0 Å². The number of fused-ring (bicyclic) bond motifs is 3. The molecule has 0 N–H and O–H groups in total. The summed E-state index contributed by atoms with van der Waals surface area (Å²) in [7, 11) is 0. The van der Waals surface area contributed by atoms with E-state index in [1.54, 1.807) is 54.6 Å². The van der Waals surface area contributed by atoms with E-state index in [1.807, 2.05) is 127 Å². The second kappa shape index (κ2) is 13.5. The Morgan fingerprint density at radius 1 is 0.321 bits per heavy atom. The third-order valence-corrected chi connectivity index (χ3v) is 9.12. The molecule has 0 radical (unpaired) electrons. The minimum Gasteiger partial charge on any atom is -0.438 e. The van der Waals surface area contributed by atoms with E-state index in [0.717, 1.165) is 32.3 Å². The maximum absolute atomic E-state index is 18.5. The molecule has 0 aliphatic carbocycles. The standard InChI is InChI=1S/C46H30FN3O3/c47-46(40-25-10-28-43(48-40)51-37-22-7-16-31-13-1-4-19-34(31)37,41-26-11-29-44(49-41)52-38-23-8-17-32-14-2-5-20-35(32)38)42-27-12-30-45(50-42)53-39-24-9-18-33-15-3-6-21-36(33)39/h1-30H. The summed E-state index contributed by atoms with van der Waals surface area (Å²) in [6, 6.07) is 56.2. The number of pyridine rings is 3. The van der Waals surface area contributed by atoms with Gasteiger partial charge in [0.05, 0.1) is 17.1 Å². The summed E-state index contributed by atoms with van der Waals surface area (Å²) in [5.41, 5.74) is -2.38. The van der Waals surface area contributed by atoms with Crippen LogP contribution in [0.1, 0.15) is 17.1 Å². The number of halogens is 1. The first kappa shape index (κ1) is 31.8. The van der Waals surface area contributed by atoms with E-state index in [0.29, 0.717) is 17.2 Å². The first-order valence-corrected chi connectivity index (χ1v) is 17.2. The zero-order valence-corrected chi connectivity index (χ0v) is 28.3. The van der Waals surface area contributed by atoms with Gasteiger partial charge >= 0.3 is 0 Å². The molecule has 0 aliphatic rings. The summed E-state index contributed by atoms with van der Waals surface area (Å²) < 4.78 is 37.5. The third kappa shape index (κ3) is 6.15. The van der Waals surface area contributed by atoms with Crippen molar-refractivity contribution in [3.05, 3.63) is 199 Å². The average Bonchev–Trinajstić information content (AvgIpc) is 3.21. The molecule has 7 heteroatoms. The number of ether oxygens (including phenoxy) is 3. The largest absolute Gasteiger partial charge is 0.438 e. The van der Waals surface area contributed by atoms with Crippen molar-refractivity contribution < 1.29 is 18.6 Å². The summed E-state index contributed by atoms with van der Waals surface area (Å²) in [6.45, 7) is 0. The number of hydrogen-bond donors (Lipinski definition) is 0. The van der Waals surface area contributed by atoms with Gasteiger partial charge in [0.1, 0.15) is 17.2 Å². The monoisotopic (exact) mass is 691 g/mol. The third-order valence-electron chi connectivity index (χ3n) is 9.12. The topological polar surface area (TPSA) is 66.4 Å². The van der Waals surface area contributed by atoms with Crippen LogP contribution in [0.4, 0.5) is 4.39 Å². The second-order valence-electron chi connectivity index (χ2n) is 12.5. The fourth-order valence-corrected chi connectivity index (χ4v) is 6.58. The number of aromatic nitrogens is 3. The van der Waals surface area contributed by atoms with Gasteiger partial charge in [-0.2, -0.15) is 0 Å². The number of nitrogens with zero attached hydrogens (tertiary/aromatic N) is 3. The molecule has 6 nitrogen and oxygen atoms in total. The number of hydrogen-bond acceptors (Lipinski definition) is 6. The van der Waals surface area contributed by atoms with Crippen LogP contribution in [0.5, 0.6) is 34.9 Å². The molecule has 0 aliphatic heterocycles. The van der Waals surface area contributed by atoms with Crippen LogP contribution < -0.4 is 14.2 Å². The van der Waals surface area contributed by atoms with Gasteiger partial charge in [0.2, 0.25) is 23.3 Å².